The van der Waals surface area contributed by atoms with E-state index < -0.39 is 0 Å². The Morgan fingerprint density at radius 2 is 1.91 bits per heavy atom. The molecule has 7 nitrogen and oxygen atoms in total. The van der Waals surface area contributed by atoms with Crippen LogP contribution in [-0.4, -0.2) is 62.3 Å². The van der Waals surface area contributed by atoms with Gasteiger partial charge in [-0.05, 0) is 38.2 Å². The topological polar surface area (TPSA) is 93.7 Å². The number of nitrogens with one attached hydrogen (secondary N) is 3. The highest BCUT2D eigenvalue weighted by Gasteiger charge is 2.06. The molecule has 0 aliphatic rings. The lowest BCUT2D eigenvalue weighted by molar-refractivity contribution is 0.0951. The minimum atomic E-state index is -0.292. The van der Waals surface area contributed by atoms with Crippen molar-refractivity contribution >= 4 is 11.9 Å². The maximum atomic E-state index is 12.0. The van der Waals surface area contributed by atoms with Gasteiger partial charge in [0.2, 0.25) is 0 Å². The highest BCUT2D eigenvalue weighted by molar-refractivity contribution is 5.94. The molecule has 1 aromatic rings. The molecule has 0 saturated carbocycles. The Balaban J connectivity index is 2.43. The molecule has 0 aliphatic carbocycles. The summed E-state index contributed by atoms with van der Waals surface area (Å²) in [6, 6.07) is 6.86. The van der Waals surface area contributed by atoms with Gasteiger partial charge >= 0.3 is 6.03 Å². The zero-order valence-corrected chi connectivity index (χ0v) is 13.8. The van der Waals surface area contributed by atoms with E-state index in [1.807, 2.05) is 25.1 Å². The van der Waals surface area contributed by atoms with Gasteiger partial charge in [-0.25, -0.2) is 4.79 Å². The minimum absolute atomic E-state index is 0.0469. The monoisotopic (exact) mass is 322 g/mol. The van der Waals surface area contributed by atoms with Crippen LogP contribution in [0.5, 0.6) is 0 Å². The highest BCUT2D eigenvalue weighted by Crippen LogP contribution is 2.05. The van der Waals surface area contributed by atoms with Crippen LogP contribution in [0, 0.1) is 0 Å². The van der Waals surface area contributed by atoms with Gasteiger partial charge in [0.05, 0.1) is 0 Å². The number of nitrogens with zero attached hydrogens (tertiary/aromatic N) is 1. The molecule has 3 amide bonds. The number of likely N-dealkylation sites (N-methyl/N-ethyl adjacent to an activating group) is 1. The Hall–Kier alpha value is -2.12. The Labute approximate surface area is 137 Å². The fourth-order valence-electron chi connectivity index (χ4n) is 1.84. The summed E-state index contributed by atoms with van der Waals surface area (Å²) in [6.07, 6.45) is 0.524. The number of urea groups is 1. The zero-order chi connectivity index (χ0) is 17.1. The van der Waals surface area contributed by atoms with Gasteiger partial charge in [-0.3, -0.25) is 4.79 Å². The fourth-order valence-corrected chi connectivity index (χ4v) is 1.84. The van der Waals surface area contributed by atoms with Crippen molar-refractivity contribution in [1.82, 2.24) is 20.9 Å². The van der Waals surface area contributed by atoms with E-state index in [-0.39, 0.29) is 18.5 Å². The number of aliphatic hydroxyl groups is 1. The average Bonchev–Trinajstić information content (AvgIpc) is 2.53. The smallest absolute Gasteiger partial charge is 0.315 e. The van der Waals surface area contributed by atoms with E-state index in [1.54, 1.807) is 18.2 Å². The van der Waals surface area contributed by atoms with Gasteiger partial charge in [0.15, 0.2) is 0 Å². The van der Waals surface area contributed by atoms with Crippen LogP contribution in [0.2, 0.25) is 0 Å². The molecule has 0 saturated heterocycles. The summed E-state index contributed by atoms with van der Waals surface area (Å²) < 4.78 is 0. The van der Waals surface area contributed by atoms with Crippen LogP contribution in [0.3, 0.4) is 0 Å². The van der Waals surface area contributed by atoms with Crippen molar-refractivity contribution in [3.8, 4) is 0 Å². The molecule has 7 heteroatoms. The number of hydrogen-bond donors (Lipinski definition) is 4. The fraction of sp³-hybridized carbons (Fsp3) is 0.500. The first-order valence-corrected chi connectivity index (χ1v) is 7.67. The van der Waals surface area contributed by atoms with Crippen LogP contribution in [0.1, 0.15) is 22.3 Å². The number of aliphatic hydroxyl groups excluding tert-OH is 1. The third kappa shape index (κ3) is 8.18. The number of amides is 3. The molecule has 0 aromatic heterocycles. The number of rotatable bonds is 9. The van der Waals surface area contributed by atoms with E-state index >= 15 is 0 Å². The highest BCUT2D eigenvalue weighted by atomic mass is 16.3. The summed E-state index contributed by atoms with van der Waals surface area (Å²) in [5, 5.41) is 16.8. The maximum absolute atomic E-state index is 12.0. The quantitative estimate of drug-likeness (QED) is 0.487. The van der Waals surface area contributed by atoms with E-state index in [1.165, 1.54) is 0 Å². The van der Waals surface area contributed by atoms with Crippen LogP contribution >= 0.6 is 0 Å². The van der Waals surface area contributed by atoms with Crippen molar-refractivity contribution in [1.29, 1.82) is 0 Å². The molecule has 0 unspecified atom stereocenters. The first-order chi connectivity index (χ1) is 11.0. The Kier molecular flexibility index (Phi) is 8.71. The van der Waals surface area contributed by atoms with Gasteiger partial charge < -0.3 is 26.0 Å². The molecular weight excluding hydrogens is 296 g/mol. The predicted molar refractivity (Wildman–Crippen MR) is 89.3 cm³/mol. The van der Waals surface area contributed by atoms with E-state index in [9.17, 15) is 9.59 Å². The van der Waals surface area contributed by atoms with E-state index in [0.717, 1.165) is 12.1 Å². The molecule has 0 spiro atoms. The second-order valence-corrected chi connectivity index (χ2v) is 5.45. The van der Waals surface area contributed by atoms with Crippen molar-refractivity contribution in [3.05, 3.63) is 35.4 Å². The molecule has 0 bridgehead atoms. The Morgan fingerprint density at radius 3 is 2.61 bits per heavy atom. The van der Waals surface area contributed by atoms with Crippen LogP contribution in [0.4, 0.5) is 4.79 Å². The molecule has 4 N–H and O–H groups in total. The van der Waals surface area contributed by atoms with Gasteiger partial charge in [0, 0.05) is 38.3 Å². The van der Waals surface area contributed by atoms with E-state index in [2.05, 4.69) is 16.0 Å². The number of benzene rings is 1. The van der Waals surface area contributed by atoms with Crippen molar-refractivity contribution in [2.75, 3.05) is 40.3 Å². The van der Waals surface area contributed by atoms with Gasteiger partial charge in [-0.1, -0.05) is 12.1 Å². The molecular formula is C16H26N4O3. The summed E-state index contributed by atoms with van der Waals surface area (Å²) in [5.41, 5.74) is 1.42. The van der Waals surface area contributed by atoms with Crippen molar-refractivity contribution in [2.45, 2.75) is 13.0 Å². The second kappa shape index (κ2) is 10.6. The lowest BCUT2D eigenvalue weighted by Gasteiger charge is -2.11. The zero-order valence-electron chi connectivity index (χ0n) is 13.8. The Morgan fingerprint density at radius 1 is 1.13 bits per heavy atom. The predicted octanol–water partition coefficient (Wildman–Crippen LogP) is 0.160. The summed E-state index contributed by atoms with van der Waals surface area (Å²) in [5.74, 6) is -0.124. The molecule has 1 aromatic carbocycles. The maximum Gasteiger partial charge on any atom is 0.315 e. The summed E-state index contributed by atoms with van der Waals surface area (Å²) in [6.45, 7) is 2.17. The van der Waals surface area contributed by atoms with Crippen LogP contribution in [0.25, 0.3) is 0 Å². The van der Waals surface area contributed by atoms with Crippen LogP contribution in [0.15, 0.2) is 24.3 Å². The van der Waals surface area contributed by atoms with Gasteiger partial charge in [-0.15, -0.1) is 0 Å². The van der Waals surface area contributed by atoms with Crippen LogP contribution in [-0.2, 0) is 6.54 Å². The summed E-state index contributed by atoms with van der Waals surface area (Å²) in [7, 11) is 3.90. The largest absolute Gasteiger partial charge is 0.396 e. The normalized spacial score (nSPS) is 10.4. The van der Waals surface area contributed by atoms with Gasteiger partial charge in [0.1, 0.15) is 0 Å². The number of carbonyl (C=O) groups is 2. The van der Waals surface area contributed by atoms with Gasteiger partial charge in [0.25, 0.3) is 5.91 Å². The molecule has 0 aliphatic heterocycles. The molecule has 23 heavy (non-hydrogen) atoms. The van der Waals surface area contributed by atoms with Crippen molar-refractivity contribution in [3.63, 3.8) is 0 Å². The molecule has 1 rings (SSSR count). The molecule has 128 valence electrons. The first kappa shape index (κ1) is 18.9. The first-order valence-electron chi connectivity index (χ1n) is 7.67. The summed E-state index contributed by atoms with van der Waals surface area (Å²) in [4.78, 5) is 25.6. The SMILES string of the molecule is CN(C)CCNC(=O)c1cccc(CNC(=O)NCCCO)c1. The number of carbonyl (C=O) groups excluding carboxylic acids is 2. The average molecular weight is 322 g/mol. The second-order valence-electron chi connectivity index (χ2n) is 5.45. The summed E-state index contributed by atoms with van der Waals surface area (Å²) >= 11 is 0. The van der Waals surface area contributed by atoms with Crippen molar-refractivity contribution < 1.29 is 14.7 Å². The lowest BCUT2D eigenvalue weighted by Crippen LogP contribution is -2.35. The third-order valence-corrected chi connectivity index (χ3v) is 3.11. The molecule has 0 atom stereocenters. The third-order valence-electron chi connectivity index (χ3n) is 3.11. The van der Waals surface area contributed by atoms with Crippen molar-refractivity contribution in [2.24, 2.45) is 0 Å². The van der Waals surface area contributed by atoms with Gasteiger partial charge in [-0.2, -0.15) is 0 Å². The molecule has 0 radical (unpaired) electrons. The lowest BCUT2D eigenvalue weighted by atomic mass is 10.1. The van der Waals surface area contributed by atoms with Crippen LogP contribution < -0.4 is 16.0 Å². The van der Waals surface area contributed by atoms with E-state index in [0.29, 0.717) is 31.6 Å². The van der Waals surface area contributed by atoms with E-state index in [4.69, 9.17) is 5.11 Å². The molecule has 0 fully saturated rings. The number of hydrogen-bond acceptors (Lipinski definition) is 4. The Bertz CT molecular complexity index is 506. The standard InChI is InChI=1S/C16H26N4O3/c1-20(2)9-8-17-15(22)14-6-3-5-13(11-14)12-19-16(23)18-7-4-10-21/h3,5-6,11,21H,4,7-10,12H2,1-2H3,(H,17,22)(H2,18,19,23). The minimum Gasteiger partial charge on any atom is -0.396 e. The molecule has 0 heterocycles.